The minimum absolute atomic E-state index is 0.0196. The van der Waals surface area contributed by atoms with Gasteiger partial charge in [0.25, 0.3) is 0 Å². The Bertz CT molecular complexity index is 387. The highest BCUT2D eigenvalue weighted by atomic mass is 32.2. The molecule has 0 aromatic carbocycles. The van der Waals surface area contributed by atoms with E-state index in [0.29, 0.717) is 37.2 Å². The predicted molar refractivity (Wildman–Crippen MR) is 78.8 cm³/mol. The number of carbonyl (C=O) groups excluding carboxylic acids is 2. The fourth-order valence-corrected chi connectivity index (χ4v) is 4.20. The van der Waals surface area contributed by atoms with Crippen LogP contribution in [0.15, 0.2) is 0 Å². The van der Waals surface area contributed by atoms with Crippen molar-refractivity contribution < 1.29 is 9.59 Å². The van der Waals surface area contributed by atoms with Gasteiger partial charge < -0.3 is 20.4 Å². The van der Waals surface area contributed by atoms with Crippen molar-refractivity contribution >= 4 is 23.7 Å². The van der Waals surface area contributed by atoms with Gasteiger partial charge in [-0.05, 0) is 25.9 Å². The number of carbonyl (C=O) groups is 2. The minimum Gasteiger partial charge on any atom is -0.338 e. The van der Waals surface area contributed by atoms with Gasteiger partial charge in [-0.25, -0.2) is 4.79 Å². The number of urea groups is 1. The zero-order valence-corrected chi connectivity index (χ0v) is 12.5. The van der Waals surface area contributed by atoms with E-state index in [0.717, 1.165) is 25.9 Å². The first-order valence-electron chi connectivity index (χ1n) is 7.38. The number of nitrogens with zero attached hydrogens (tertiary/aromatic N) is 2. The summed E-state index contributed by atoms with van der Waals surface area (Å²) in [5.41, 5.74) is 0. The number of rotatable bonds is 3. The van der Waals surface area contributed by atoms with Crippen molar-refractivity contribution in [3.05, 3.63) is 0 Å². The third-order valence-corrected chi connectivity index (χ3v) is 5.67. The first-order chi connectivity index (χ1) is 9.74. The summed E-state index contributed by atoms with van der Waals surface area (Å²) in [6, 6.07) is 0.190. The number of amides is 3. The van der Waals surface area contributed by atoms with Crippen LogP contribution in [0.25, 0.3) is 0 Å². The molecule has 0 aromatic heterocycles. The van der Waals surface area contributed by atoms with Crippen molar-refractivity contribution in [3.63, 3.8) is 0 Å². The maximum Gasteiger partial charge on any atom is 0.317 e. The van der Waals surface area contributed by atoms with Crippen LogP contribution in [0, 0.1) is 0 Å². The molecule has 2 N–H and O–H groups in total. The largest absolute Gasteiger partial charge is 0.338 e. The Kier molecular flexibility index (Phi) is 4.35. The van der Waals surface area contributed by atoms with Gasteiger partial charge in [0.15, 0.2) is 0 Å². The van der Waals surface area contributed by atoms with Crippen LogP contribution in [0.3, 0.4) is 0 Å². The smallest absolute Gasteiger partial charge is 0.317 e. The van der Waals surface area contributed by atoms with Crippen LogP contribution in [-0.2, 0) is 4.79 Å². The molecule has 20 heavy (non-hydrogen) atoms. The minimum atomic E-state index is 0.0196. The van der Waals surface area contributed by atoms with E-state index in [1.807, 2.05) is 9.80 Å². The van der Waals surface area contributed by atoms with E-state index in [1.165, 1.54) is 0 Å². The molecule has 1 atom stereocenters. The highest BCUT2D eigenvalue weighted by Crippen LogP contribution is 2.21. The average molecular weight is 298 g/mol. The molecule has 3 amide bonds. The molecule has 3 aliphatic heterocycles. The molecule has 6 nitrogen and oxygen atoms in total. The third kappa shape index (κ3) is 3.03. The van der Waals surface area contributed by atoms with Crippen LogP contribution >= 0.6 is 11.8 Å². The summed E-state index contributed by atoms with van der Waals surface area (Å²) < 4.78 is 0. The van der Waals surface area contributed by atoms with Crippen LogP contribution in [0.4, 0.5) is 4.79 Å². The molecular formula is C13H22N4O2S. The zero-order chi connectivity index (χ0) is 13.9. The Morgan fingerprint density at radius 2 is 2.10 bits per heavy atom. The van der Waals surface area contributed by atoms with Gasteiger partial charge in [0.1, 0.15) is 0 Å². The monoisotopic (exact) mass is 298 g/mol. The molecule has 0 saturated carbocycles. The van der Waals surface area contributed by atoms with Crippen molar-refractivity contribution in [3.8, 4) is 0 Å². The standard InChI is InChI=1S/C13H22N4O2S/c18-12(9-20-11-1-3-14-4-2-11)16-5-6-17-10(8-16)7-15-13(17)19/h10-11,14H,1-9H2,(H,15,19). The third-order valence-electron chi connectivity index (χ3n) is 4.31. The van der Waals surface area contributed by atoms with Crippen LogP contribution in [0.2, 0.25) is 0 Å². The molecule has 0 aromatic rings. The van der Waals surface area contributed by atoms with Crippen molar-refractivity contribution in [2.45, 2.75) is 24.1 Å². The van der Waals surface area contributed by atoms with E-state index in [9.17, 15) is 9.59 Å². The molecule has 0 aliphatic carbocycles. The Labute approximate surface area is 123 Å². The molecule has 0 radical (unpaired) electrons. The molecule has 3 heterocycles. The maximum absolute atomic E-state index is 12.3. The molecule has 3 saturated heterocycles. The van der Waals surface area contributed by atoms with Crippen molar-refractivity contribution in [2.24, 2.45) is 0 Å². The van der Waals surface area contributed by atoms with E-state index in [2.05, 4.69) is 10.6 Å². The predicted octanol–water partition coefficient (Wildman–Crippen LogP) is -0.292. The number of hydrogen-bond donors (Lipinski definition) is 2. The van der Waals surface area contributed by atoms with E-state index < -0.39 is 0 Å². The molecule has 0 bridgehead atoms. The van der Waals surface area contributed by atoms with Crippen molar-refractivity contribution in [1.29, 1.82) is 0 Å². The normalized spacial score (nSPS) is 27.4. The van der Waals surface area contributed by atoms with Gasteiger partial charge in [0, 0.05) is 31.4 Å². The van der Waals surface area contributed by atoms with Crippen LogP contribution in [-0.4, -0.2) is 78.1 Å². The van der Waals surface area contributed by atoms with E-state index >= 15 is 0 Å². The van der Waals surface area contributed by atoms with Gasteiger partial charge in [0.05, 0.1) is 11.8 Å². The molecule has 3 aliphatic rings. The highest BCUT2D eigenvalue weighted by Gasteiger charge is 2.36. The maximum atomic E-state index is 12.3. The zero-order valence-electron chi connectivity index (χ0n) is 11.6. The summed E-state index contributed by atoms with van der Waals surface area (Å²) in [5.74, 6) is 0.811. The van der Waals surface area contributed by atoms with Crippen molar-refractivity contribution in [1.82, 2.24) is 20.4 Å². The Hall–Kier alpha value is -0.950. The second-order valence-electron chi connectivity index (χ2n) is 5.63. The van der Waals surface area contributed by atoms with E-state index in [-0.39, 0.29) is 18.0 Å². The molecule has 1 unspecified atom stereocenters. The lowest BCUT2D eigenvalue weighted by atomic mass is 10.2. The SMILES string of the molecule is O=C(CSC1CCNCC1)N1CCN2C(=O)NCC2C1. The van der Waals surface area contributed by atoms with Gasteiger partial charge in [-0.1, -0.05) is 0 Å². The number of nitrogens with one attached hydrogen (secondary N) is 2. The summed E-state index contributed by atoms with van der Waals surface area (Å²) >= 11 is 1.80. The number of thioether (sulfide) groups is 1. The first kappa shape index (κ1) is 14.0. The van der Waals surface area contributed by atoms with Gasteiger partial charge >= 0.3 is 6.03 Å². The second kappa shape index (κ2) is 6.22. The van der Waals surface area contributed by atoms with Crippen LogP contribution in [0.1, 0.15) is 12.8 Å². The Morgan fingerprint density at radius 3 is 2.90 bits per heavy atom. The van der Waals surface area contributed by atoms with Gasteiger partial charge in [-0.3, -0.25) is 4.79 Å². The van der Waals surface area contributed by atoms with Gasteiger partial charge in [-0.2, -0.15) is 0 Å². The Morgan fingerprint density at radius 1 is 1.30 bits per heavy atom. The lowest BCUT2D eigenvalue weighted by Gasteiger charge is -2.36. The molecule has 3 rings (SSSR count). The van der Waals surface area contributed by atoms with Gasteiger partial charge in [0.2, 0.25) is 5.91 Å². The number of piperazine rings is 1. The summed E-state index contributed by atoms with van der Waals surface area (Å²) in [7, 11) is 0. The molecule has 0 spiro atoms. The topological polar surface area (TPSA) is 64.7 Å². The number of fused-ring (bicyclic) bond motifs is 1. The summed E-state index contributed by atoms with van der Waals surface area (Å²) in [4.78, 5) is 27.6. The van der Waals surface area contributed by atoms with Crippen molar-refractivity contribution in [2.75, 3.05) is 45.0 Å². The molecular weight excluding hydrogens is 276 g/mol. The first-order valence-corrected chi connectivity index (χ1v) is 8.43. The van der Waals surface area contributed by atoms with Crippen LogP contribution in [0.5, 0.6) is 0 Å². The lowest BCUT2D eigenvalue weighted by Crippen LogP contribution is -2.54. The van der Waals surface area contributed by atoms with Crippen LogP contribution < -0.4 is 10.6 Å². The number of hydrogen-bond acceptors (Lipinski definition) is 4. The average Bonchev–Trinajstić information content (AvgIpc) is 2.87. The highest BCUT2D eigenvalue weighted by molar-refractivity contribution is 8.00. The summed E-state index contributed by atoms with van der Waals surface area (Å²) in [5, 5.41) is 6.81. The fourth-order valence-electron chi connectivity index (χ4n) is 3.07. The van der Waals surface area contributed by atoms with Gasteiger partial charge in [-0.15, -0.1) is 11.8 Å². The molecule has 7 heteroatoms. The lowest BCUT2D eigenvalue weighted by molar-refractivity contribution is -0.130. The molecule has 3 fully saturated rings. The summed E-state index contributed by atoms with van der Waals surface area (Å²) in [6.07, 6.45) is 2.32. The quantitative estimate of drug-likeness (QED) is 0.751. The van der Waals surface area contributed by atoms with E-state index in [1.54, 1.807) is 11.8 Å². The second-order valence-corrected chi connectivity index (χ2v) is 6.92. The number of piperidine rings is 1. The summed E-state index contributed by atoms with van der Waals surface area (Å²) in [6.45, 7) is 4.84. The fraction of sp³-hybridized carbons (Fsp3) is 0.846. The van der Waals surface area contributed by atoms with E-state index in [4.69, 9.17) is 0 Å². The molecule has 112 valence electrons. The Balaban J connectivity index is 1.44.